The molecule has 2 nitrogen and oxygen atoms in total. The van der Waals surface area contributed by atoms with Crippen molar-refractivity contribution in [3.05, 3.63) is 57.0 Å². The lowest BCUT2D eigenvalue weighted by atomic mass is 9.89. The summed E-state index contributed by atoms with van der Waals surface area (Å²) >= 11 is 7.15. The van der Waals surface area contributed by atoms with Gasteiger partial charge in [0, 0.05) is 15.0 Å². The fraction of sp³-hybridized carbons (Fsp3) is 0.300. The lowest BCUT2D eigenvalue weighted by Crippen LogP contribution is -2.38. The minimum Gasteiger partial charge on any atom is -0.387 e. The zero-order valence-corrected chi connectivity index (χ0v) is 16.4. The van der Waals surface area contributed by atoms with Gasteiger partial charge in [-0.25, -0.2) is 0 Å². The van der Waals surface area contributed by atoms with E-state index in [0.717, 1.165) is 38.2 Å². The Bertz CT molecular complexity index is 903. The van der Waals surface area contributed by atoms with Crippen molar-refractivity contribution in [1.29, 1.82) is 0 Å². The van der Waals surface area contributed by atoms with Crippen LogP contribution in [-0.4, -0.2) is 17.7 Å². The van der Waals surface area contributed by atoms with Crippen molar-refractivity contribution in [2.75, 3.05) is 6.54 Å². The second kappa shape index (κ2) is 6.75. The van der Waals surface area contributed by atoms with Gasteiger partial charge in [0.05, 0.1) is 6.10 Å². The molecule has 0 radical (unpaired) electrons. The van der Waals surface area contributed by atoms with Crippen molar-refractivity contribution in [2.45, 2.75) is 31.4 Å². The number of aliphatic hydroxyl groups is 1. The third-order valence-corrected chi connectivity index (χ3v) is 5.94. The minimum absolute atomic E-state index is 0.134. The molecule has 0 unspecified atom stereocenters. The van der Waals surface area contributed by atoms with Gasteiger partial charge in [-0.3, -0.25) is 0 Å². The molecule has 4 heteroatoms. The summed E-state index contributed by atoms with van der Waals surface area (Å²) in [7, 11) is 0. The van der Waals surface area contributed by atoms with E-state index in [2.05, 4.69) is 79.6 Å². The van der Waals surface area contributed by atoms with Gasteiger partial charge < -0.3 is 10.4 Å². The summed E-state index contributed by atoms with van der Waals surface area (Å²) in [5.74, 6) is 0. The summed E-state index contributed by atoms with van der Waals surface area (Å²) in [6.07, 6.45) is 2.91. The van der Waals surface area contributed by atoms with Gasteiger partial charge in [-0.05, 0) is 76.8 Å². The molecule has 1 saturated heterocycles. The van der Waals surface area contributed by atoms with Crippen molar-refractivity contribution in [2.24, 2.45) is 0 Å². The van der Waals surface area contributed by atoms with Gasteiger partial charge in [0.2, 0.25) is 0 Å². The Kier molecular flexibility index (Phi) is 4.65. The molecule has 1 heterocycles. The maximum atomic E-state index is 11.1. The zero-order chi connectivity index (χ0) is 16.7. The highest BCUT2D eigenvalue weighted by molar-refractivity contribution is 9.10. The lowest BCUT2D eigenvalue weighted by molar-refractivity contribution is 0.115. The Balaban J connectivity index is 1.95. The molecule has 0 bridgehead atoms. The number of hydrogen-bond donors (Lipinski definition) is 2. The SMILES string of the molecule is O[C@H](c1cc2cc(Br)ccc2c2cc(Br)ccc12)[C@H]1CCCCN1. The molecule has 0 aliphatic carbocycles. The number of nitrogens with one attached hydrogen (secondary N) is 1. The number of aliphatic hydroxyl groups excluding tert-OH is 1. The van der Waals surface area contributed by atoms with E-state index < -0.39 is 6.10 Å². The molecule has 1 aliphatic rings. The molecular weight excluding hydrogens is 430 g/mol. The van der Waals surface area contributed by atoms with Crippen LogP contribution in [0.1, 0.15) is 30.9 Å². The van der Waals surface area contributed by atoms with E-state index in [4.69, 9.17) is 0 Å². The molecule has 124 valence electrons. The molecule has 0 spiro atoms. The van der Waals surface area contributed by atoms with Crippen molar-refractivity contribution >= 4 is 53.4 Å². The van der Waals surface area contributed by atoms with E-state index in [1.54, 1.807) is 0 Å². The highest BCUT2D eigenvalue weighted by Gasteiger charge is 2.24. The van der Waals surface area contributed by atoms with E-state index in [1.807, 2.05) is 0 Å². The van der Waals surface area contributed by atoms with Crippen molar-refractivity contribution in [3.8, 4) is 0 Å². The molecular formula is C20H19Br2NO. The molecule has 3 aromatic carbocycles. The predicted molar refractivity (Wildman–Crippen MR) is 107 cm³/mol. The van der Waals surface area contributed by atoms with E-state index in [9.17, 15) is 5.11 Å². The molecule has 0 amide bonds. The minimum atomic E-state index is -0.489. The van der Waals surface area contributed by atoms with E-state index in [-0.39, 0.29) is 6.04 Å². The van der Waals surface area contributed by atoms with Crippen LogP contribution in [0.25, 0.3) is 21.5 Å². The zero-order valence-electron chi connectivity index (χ0n) is 13.2. The van der Waals surface area contributed by atoms with Gasteiger partial charge in [0.1, 0.15) is 0 Å². The first-order valence-corrected chi connectivity index (χ1v) is 9.95. The quantitative estimate of drug-likeness (QED) is 0.493. The van der Waals surface area contributed by atoms with Crippen LogP contribution in [0, 0.1) is 0 Å². The predicted octanol–water partition coefficient (Wildman–Crippen LogP) is 5.69. The average molecular weight is 449 g/mol. The van der Waals surface area contributed by atoms with Crippen LogP contribution >= 0.6 is 31.9 Å². The van der Waals surface area contributed by atoms with Crippen LogP contribution in [0.2, 0.25) is 0 Å². The van der Waals surface area contributed by atoms with Gasteiger partial charge in [-0.1, -0.05) is 50.4 Å². The number of piperidine rings is 1. The van der Waals surface area contributed by atoms with E-state index in [1.165, 1.54) is 23.6 Å². The fourth-order valence-corrected chi connectivity index (χ4v) is 4.48. The molecule has 1 fully saturated rings. The Morgan fingerprint density at radius 2 is 1.67 bits per heavy atom. The van der Waals surface area contributed by atoms with Crippen molar-refractivity contribution in [1.82, 2.24) is 5.32 Å². The van der Waals surface area contributed by atoms with Crippen LogP contribution in [0.3, 0.4) is 0 Å². The highest BCUT2D eigenvalue weighted by atomic mass is 79.9. The van der Waals surface area contributed by atoms with Gasteiger partial charge in [0.15, 0.2) is 0 Å². The van der Waals surface area contributed by atoms with Gasteiger partial charge in [-0.15, -0.1) is 0 Å². The monoisotopic (exact) mass is 447 g/mol. The normalized spacial score (nSPS) is 19.7. The van der Waals surface area contributed by atoms with E-state index in [0.29, 0.717) is 0 Å². The molecule has 2 atom stereocenters. The summed E-state index contributed by atoms with van der Waals surface area (Å²) in [6.45, 7) is 0.990. The summed E-state index contributed by atoms with van der Waals surface area (Å²) in [4.78, 5) is 0. The maximum absolute atomic E-state index is 11.1. The maximum Gasteiger partial charge on any atom is 0.0949 e. The van der Waals surface area contributed by atoms with Gasteiger partial charge in [-0.2, -0.15) is 0 Å². The van der Waals surface area contributed by atoms with Gasteiger partial charge >= 0.3 is 0 Å². The standard InChI is InChI=1S/C20H19Br2NO/c21-13-4-6-15-12(9-13)10-18(16-7-5-14(22)11-17(15)16)20(24)19-3-1-2-8-23-19/h4-7,9-11,19-20,23-24H,1-3,8H2/t19-,20-/m1/s1. The number of rotatable bonds is 2. The number of hydrogen-bond acceptors (Lipinski definition) is 2. The molecule has 24 heavy (non-hydrogen) atoms. The fourth-order valence-electron chi connectivity index (χ4n) is 3.74. The Morgan fingerprint density at radius 3 is 2.42 bits per heavy atom. The summed E-state index contributed by atoms with van der Waals surface area (Å²) in [5, 5.41) is 19.2. The Morgan fingerprint density at radius 1 is 0.917 bits per heavy atom. The Labute approximate surface area is 158 Å². The first kappa shape index (κ1) is 16.5. The summed E-state index contributed by atoms with van der Waals surface area (Å²) < 4.78 is 2.11. The van der Waals surface area contributed by atoms with Crippen LogP contribution in [0.5, 0.6) is 0 Å². The molecule has 4 rings (SSSR count). The second-order valence-electron chi connectivity index (χ2n) is 6.52. The van der Waals surface area contributed by atoms with Crippen molar-refractivity contribution in [3.63, 3.8) is 0 Å². The third-order valence-electron chi connectivity index (χ3n) is 4.96. The second-order valence-corrected chi connectivity index (χ2v) is 8.35. The number of halogens is 2. The molecule has 0 aromatic heterocycles. The summed E-state index contributed by atoms with van der Waals surface area (Å²) in [6, 6.07) is 14.9. The molecule has 1 aliphatic heterocycles. The van der Waals surface area contributed by atoms with Gasteiger partial charge in [0.25, 0.3) is 0 Å². The number of fused-ring (bicyclic) bond motifs is 3. The lowest BCUT2D eigenvalue weighted by Gasteiger charge is -2.29. The highest BCUT2D eigenvalue weighted by Crippen LogP contribution is 2.36. The smallest absolute Gasteiger partial charge is 0.0949 e. The first-order chi connectivity index (χ1) is 11.6. The van der Waals surface area contributed by atoms with E-state index >= 15 is 0 Å². The largest absolute Gasteiger partial charge is 0.387 e. The topological polar surface area (TPSA) is 32.3 Å². The third kappa shape index (κ3) is 3.01. The average Bonchev–Trinajstić information content (AvgIpc) is 2.60. The molecule has 3 aromatic rings. The molecule has 0 saturated carbocycles. The number of benzene rings is 3. The molecule has 2 N–H and O–H groups in total. The van der Waals surface area contributed by atoms with Crippen LogP contribution in [-0.2, 0) is 0 Å². The van der Waals surface area contributed by atoms with Crippen LogP contribution < -0.4 is 5.32 Å². The first-order valence-electron chi connectivity index (χ1n) is 8.36. The Hall–Kier alpha value is -0.940. The summed E-state index contributed by atoms with van der Waals surface area (Å²) in [5.41, 5.74) is 1.02. The van der Waals surface area contributed by atoms with Crippen LogP contribution in [0.4, 0.5) is 0 Å². The van der Waals surface area contributed by atoms with Crippen molar-refractivity contribution < 1.29 is 5.11 Å². The van der Waals surface area contributed by atoms with Crippen LogP contribution in [0.15, 0.2) is 51.4 Å².